The number of fused-ring (bicyclic) bond motifs is 4. The summed E-state index contributed by atoms with van der Waals surface area (Å²) in [5.74, 6) is 0.931. The minimum absolute atomic E-state index is 0.397. The molecule has 0 saturated carbocycles. The maximum atomic E-state index is 8.10. The Balaban J connectivity index is 1.96. The molecule has 3 heterocycles. The molecule has 0 saturated heterocycles. The Kier molecular flexibility index (Phi) is 2.49. The van der Waals surface area contributed by atoms with Crippen LogP contribution in [0.15, 0.2) is 43.0 Å². The number of hydrogen-bond donors (Lipinski definition) is 0. The summed E-state index contributed by atoms with van der Waals surface area (Å²) in [6.45, 7) is 1.77. The predicted molar refractivity (Wildman–Crippen MR) is 102 cm³/mol. The quantitative estimate of drug-likeness (QED) is 0.434. The maximum Gasteiger partial charge on any atom is 0.287 e. The summed E-state index contributed by atoms with van der Waals surface area (Å²) in [5, 5.41) is 1.00. The molecular weight excluding hydrogens is 320 g/mol. The predicted octanol–water partition coefficient (Wildman–Crippen LogP) is 3.74. The van der Waals surface area contributed by atoms with Crippen LogP contribution in [0, 0.1) is 20.7 Å². The summed E-state index contributed by atoms with van der Waals surface area (Å²) >= 11 is 0. The SMILES string of the molecule is [2H]C([2H])([2H])c1cc2c(c(-c3c4ccc(C)cc4nc[n+]3C)c1C)-n1ccnc1C2. The molecule has 2 aromatic heterocycles. The molecule has 4 heteroatoms. The van der Waals surface area contributed by atoms with E-state index in [1.54, 1.807) is 12.5 Å². The highest BCUT2D eigenvalue weighted by Gasteiger charge is 2.28. The summed E-state index contributed by atoms with van der Waals surface area (Å²) in [7, 11) is 1.96. The first-order chi connectivity index (χ1) is 13.8. The second kappa shape index (κ2) is 5.24. The van der Waals surface area contributed by atoms with Gasteiger partial charge in [-0.15, -0.1) is 0 Å². The van der Waals surface area contributed by atoms with E-state index in [-0.39, 0.29) is 0 Å². The molecule has 0 unspecified atom stereocenters. The lowest BCUT2D eigenvalue weighted by Crippen LogP contribution is -2.32. The zero-order valence-corrected chi connectivity index (χ0v) is 15.0. The zero-order chi connectivity index (χ0) is 20.5. The number of rotatable bonds is 1. The fourth-order valence-electron chi connectivity index (χ4n) is 4.02. The van der Waals surface area contributed by atoms with Gasteiger partial charge in [0.1, 0.15) is 11.5 Å². The average molecular weight is 344 g/mol. The van der Waals surface area contributed by atoms with Crippen molar-refractivity contribution in [3.8, 4) is 16.9 Å². The van der Waals surface area contributed by atoms with Gasteiger partial charge in [0.15, 0.2) is 5.52 Å². The Bertz CT molecular complexity index is 1300. The molecule has 1 aliphatic rings. The van der Waals surface area contributed by atoms with Gasteiger partial charge in [-0.25, -0.2) is 9.55 Å². The third-order valence-electron chi connectivity index (χ3n) is 5.31. The number of imidazole rings is 1. The highest BCUT2D eigenvalue weighted by molar-refractivity contribution is 5.95. The zero-order valence-electron chi connectivity index (χ0n) is 18.0. The van der Waals surface area contributed by atoms with E-state index in [1.807, 2.05) is 37.7 Å². The van der Waals surface area contributed by atoms with Crippen molar-refractivity contribution >= 4 is 10.9 Å². The van der Waals surface area contributed by atoms with Gasteiger partial charge in [0, 0.05) is 28.5 Å². The molecule has 128 valence electrons. The summed E-state index contributed by atoms with van der Waals surface area (Å²) < 4.78 is 28.4. The number of benzene rings is 2. The van der Waals surface area contributed by atoms with Crippen molar-refractivity contribution in [2.75, 3.05) is 0 Å². The van der Waals surface area contributed by atoms with Crippen molar-refractivity contribution in [2.45, 2.75) is 27.1 Å². The Morgan fingerprint density at radius 3 is 2.92 bits per heavy atom. The number of aryl methyl sites for hydroxylation is 3. The molecule has 0 amide bonds. The molecule has 0 atom stereocenters. The molecule has 0 spiro atoms. The van der Waals surface area contributed by atoms with Gasteiger partial charge in [0.2, 0.25) is 0 Å². The van der Waals surface area contributed by atoms with Crippen LogP contribution >= 0.6 is 0 Å². The van der Waals surface area contributed by atoms with Crippen LogP contribution in [0.5, 0.6) is 0 Å². The lowest BCUT2D eigenvalue weighted by molar-refractivity contribution is -0.662. The van der Waals surface area contributed by atoms with E-state index in [2.05, 4.69) is 32.7 Å². The van der Waals surface area contributed by atoms with Crippen molar-refractivity contribution in [3.05, 3.63) is 71.1 Å². The molecule has 0 bridgehead atoms. The second-order valence-corrected chi connectivity index (χ2v) is 7.05. The molecule has 0 radical (unpaired) electrons. The van der Waals surface area contributed by atoms with E-state index in [4.69, 9.17) is 4.11 Å². The van der Waals surface area contributed by atoms with Crippen LogP contribution in [-0.4, -0.2) is 14.5 Å². The molecule has 4 aromatic rings. The molecule has 2 aromatic carbocycles. The Labute approximate surface area is 157 Å². The van der Waals surface area contributed by atoms with E-state index in [1.165, 1.54) is 0 Å². The van der Waals surface area contributed by atoms with E-state index in [0.29, 0.717) is 12.0 Å². The van der Waals surface area contributed by atoms with Gasteiger partial charge in [-0.3, -0.25) is 0 Å². The lowest BCUT2D eigenvalue weighted by Gasteiger charge is -2.17. The van der Waals surface area contributed by atoms with Gasteiger partial charge in [-0.2, -0.15) is 0 Å². The van der Waals surface area contributed by atoms with E-state index >= 15 is 0 Å². The van der Waals surface area contributed by atoms with Gasteiger partial charge in [-0.1, -0.05) is 12.1 Å². The Morgan fingerprint density at radius 1 is 1.19 bits per heavy atom. The summed E-state index contributed by atoms with van der Waals surface area (Å²) in [6.07, 6.45) is 6.18. The molecular formula is C22H21N4+. The normalized spacial score (nSPS) is 14.7. The van der Waals surface area contributed by atoms with Gasteiger partial charge in [0.25, 0.3) is 6.33 Å². The molecule has 0 fully saturated rings. The van der Waals surface area contributed by atoms with E-state index in [0.717, 1.165) is 50.4 Å². The fraction of sp³-hybridized carbons (Fsp3) is 0.227. The Hall–Kier alpha value is -3.01. The molecule has 0 aliphatic carbocycles. The van der Waals surface area contributed by atoms with Crippen LogP contribution in [-0.2, 0) is 13.5 Å². The maximum absolute atomic E-state index is 8.10. The minimum atomic E-state index is -2.18. The van der Waals surface area contributed by atoms with Gasteiger partial charge < -0.3 is 4.57 Å². The van der Waals surface area contributed by atoms with Crippen LogP contribution in [0.1, 0.15) is 32.2 Å². The number of nitrogens with zero attached hydrogens (tertiary/aromatic N) is 4. The second-order valence-electron chi connectivity index (χ2n) is 7.05. The van der Waals surface area contributed by atoms with Gasteiger partial charge >= 0.3 is 0 Å². The van der Waals surface area contributed by atoms with Crippen molar-refractivity contribution < 1.29 is 8.68 Å². The monoisotopic (exact) mass is 344 g/mol. The third-order valence-corrected chi connectivity index (χ3v) is 5.31. The Morgan fingerprint density at radius 2 is 2.08 bits per heavy atom. The average Bonchev–Trinajstić information content (AvgIpc) is 3.22. The molecule has 0 N–H and O–H groups in total. The molecule has 4 nitrogen and oxygen atoms in total. The van der Waals surface area contributed by atoms with Crippen LogP contribution in [0.4, 0.5) is 0 Å². The van der Waals surface area contributed by atoms with Crippen LogP contribution in [0.25, 0.3) is 27.8 Å². The first kappa shape index (κ1) is 12.4. The van der Waals surface area contributed by atoms with Crippen molar-refractivity contribution in [3.63, 3.8) is 0 Å². The number of aromatic nitrogens is 4. The first-order valence-electron chi connectivity index (χ1n) is 10.2. The standard InChI is InChI=1S/C22H21N4/c1-13-5-6-17-18(9-13)24-12-25(4)22(17)20-15(3)14(2)10-16-11-19-23-7-8-26(19)21(16)20/h5-10,12H,11H2,1-4H3/q+1/i2D3. The van der Waals surface area contributed by atoms with E-state index < -0.39 is 6.85 Å². The van der Waals surface area contributed by atoms with E-state index in [9.17, 15) is 0 Å². The smallest absolute Gasteiger partial charge is 0.287 e. The molecule has 5 rings (SSSR count). The summed E-state index contributed by atoms with van der Waals surface area (Å²) in [5.41, 5.74) is 7.13. The highest BCUT2D eigenvalue weighted by Crippen LogP contribution is 2.40. The lowest BCUT2D eigenvalue weighted by atomic mass is 9.92. The molecule has 1 aliphatic heterocycles. The van der Waals surface area contributed by atoms with Crippen LogP contribution < -0.4 is 4.57 Å². The van der Waals surface area contributed by atoms with Gasteiger partial charge in [0.05, 0.1) is 18.1 Å². The largest absolute Gasteiger partial charge is 0.302 e. The minimum Gasteiger partial charge on any atom is -0.302 e. The van der Waals surface area contributed by atoms with Crippen LogP contribution in [0.2, 0.25) is 0 Å². The number of hydrogen-bond acceptors (Lipinski definition) is 2. The fourth-order valence-corrected chi connectivity index (χ4v) is 4.02. The molecule has 26 heavy (non-hydrogen) atoms. The van der Waals surface area contributed by atoms with Crippen LogP contribution in [0.3, 0.4) is 0 Å². The van der Waals surface area contributed by atoms with Crippen molar-refractivity contribution in [2.24, 2.45) is 7.05 Å². The third kappa shape index (κ3) is 1.99. The van der Waals surface area contributed by atoms with Gasteiger partial charge in [-0.05, 0) is 60.1 Å². The summed E-state index contributed by atoms with van der Waals surface area (Å²) in [4.78, 5) is 9.06. The summed E-state index contributed by atoms with van der Waals surface area (Å²) in [6, 6.07) is 8.04. The topological polar surface area (TPSA) is 34.6 Å². The van der Waals surface area contributed by atoms with Crippen molar-refractivity contribution in [1.29, 1.82) is 0 Å². The van der Waals surface area contributed by atoms with Crippen molar-refractivity contribution in [1.82, 2.24) is 14.5 Å². The first-order valence-corrected chi connectivity index (χ1v) is 8.70. The highest BCUT2D eigenvalue weighted by atomic mass is 15.1.